The molecule has 0 saturated heterocycles. The van der Waals surface area contributed by atoms with Crippen molar-refractivity contribution in [2.45, 2.75) is 13.3 Å². The van der Waals surface area contributed by atoms with Crippen molar-refractivity contribution in [2.24, 2.45) is 14.1 Å². The molecule has 3 heterocycles. The second-order valence-corrected chi connectivity index (χ2v) is 4.99. The lowest BCUT2D eigenvalue weighted by Crippen LogP contribution is -1.98. The van der Waals surface area contributed by atoms with Gasteiger partial charge in [0.1, 0.15) is 11.5 Å². The van der Waals surface area contributed by atoms with E-state index in [1.54, 1.807) is 17.1 Å². The number of rotatable bonds is 3. The first-order chi connectivity index (χ1) is 10.1. The zero-order valence-corrected chi connectivity index (χ0v) is 12.4. The lowest BCUT2D eigenvalue weighted by atomic mass is 10.0. The minimum atomic E-state index is 0.629. The molecule has 0 spiro atoms. The predicted molar refractivity (Wildman–Crippen MR) is 82.4 cm³/mol. The number of nitrogens with two attached hydrogens (primary N) is 1. The smallest absolute Gasteiger partial charge is 0.129 e. The first kappa shape index (κ1) is 13.4. The fourth-order valence-electron chi connectivity index (χ4n) is 2.51. The number of hydrogen-bond donors (Lipinski definition) is 1. The van der Waals surface area contributed by atoms with E-state index in [1.165, 1.54) is 0 Å². The van der Waals surface area contributed by atoms with E-state index in [0.29, 0.717) is 5.82 Å². The highest BCUT2D eigenvalue weighted by Gasteiger charge is 2.21. The molecule has 108 valence electrons. The van der Waals surface area contributed by atoms with Gasteiger partial charge in [0.2, 0.25) is 0 Å². The molecule has 0 aliphatic carbocycles. The van der Waals surface area contributed by atoms with Crippen molar-refractivity contribution in [3.8, 4) is 22.4 Å². The molecule has 0 aromatic carbocycles. The Hall–Kier alpha value is -2.63. The Morgan fingerprint density at radius 3 is 2.71 bits per heavy atom. The van der Waals surface area contributed by atoms with Crippen LogP contribution in [0.2, 0.25) is 0 Å². The van der Waals surface area contributed by atoms with Gasteiger partial charge in [0.15, 0.2) is 0 Å². The van der Waals surface area contributed by atoms with Crippen LogP contribution in [0.25, 0.3) is 22.4 Å². The summed E-state index contributed by atoms with van der Waals surface area (Å²) in [6.45, 7) is 2.09. The number of aromatic nitrogens is 5. The first-order valence-corrected chi connectivity index (χ1v) is 6.87. The number of anilines is 1. The highest BCUT2D eigenvalue weighted by atomic mass is 15.3. The molecule has 0 unspecified atom stereocenters. The first-order valence-electron chi connectivity index (χ1n) is 6.87. The van der Waals surface area contributed by atoms with Crippen LogP contribution in [0.3, 0.4) is 0 Å². The molecular formula is C15H18N6. The summed E-state index contributed by atoms with van der Waals surface area (Å²) < 4.78 is 3.51. The maximum atomic E-state index is 6.22. The van der Waals surface area contributed by atoms with Gasteiger partial charge in [-0.1, -0.05) is 13.0 Å². The van der Waals surface area contributed by atoms with Crippen molar-refractivity contribution in [1.82, 2.24) is 24.5 Å². The Morgan fingerprint density at radius 1 is 1.24 bits per heavy atom. The van der Waals surface area contributed by atoms with Crippen molar-refractivity contribution in [3.63, 3.8) is 0 Å². The normalized spacial score (nSPS) is 11.0. The second-order valence-electron chi connectivity index (χ2n) is 4.99. The van der Waals surface area contributed by atoms with Crippen LogP contribution in [0.15, 0.2) is 30.7 Å². The summed E-state index contributed by atoms with van der Waals surface area (Å²) in [5.74, 6) is 0.629. The SMILES string of the molecule is CCc1nn(C)cc1-c1nn(C)c(N)c1-c1cccnc1. The van der Waals surface area contributed by atoms with E-state index in [0.717, 1.165) is 34.5 Å². The van der Waals surface area contributed by atoms with Crippen molar-refractivity contribution in [3.05, 3.63) is 36.4 Å². The number of nitrogen functional groups attached to an aromatic ring is 1. The van der Waals surface area contributed by atoms with E-state index in [1.807, 2.05) is 37.1 Å². The van der Waals surface area contributed by atoms with E-state index >= 15 is 0 Å². The minimum absolute atomic E-state index is 0.629. The molecular weight excluding hydrogens is 264 g/mol. The monoisotopic (exact) mass is 282 g/mol. The van der Waals surface area contributed by atoms with E-state index < -0.39 is 0 Å². The average Bonchev–Trinajstić information content (AvgIpc) is 3.01. The van der Waals surface area contributed by atoms with E-state index in [-0.39, 0.29) is 0 Å². The van der Waals surface area contributed by atoms with E-state index in [2.05, 4.69) is 22.1 Å². The number of hydrogen-bond acceptors (Lipinski definition) is 4. The van der Waals surface area contributed by atoms with Gasteiger partial charge >= 0.3 is 0 Å². The van der Waals surface area contributed by atoms with Crippen LogP contribution >= 0.6 is 0 Å². The quantitative estimate of drug-likeness (QED) is 0.797. The zero-order chi connectivity index (χ0) is 15.0. The van der Waals surface area contributed by atoms with Gasteiger partial charge in [-0.05, 0) is 12.5 Å². The summed E-state index contributed by atoms with van der Waals surface area (Å²) in [6, 6.07) is 3.89. The third-order valence-corrected chi connectivity index (χ3v) is 3.54. The maximum Gasteiger partial charge on any atom is 0.129 e. The number of aryl methyl sites for hydroxylation is 3. The van der Waals surface area contributed by atoms with Gasteiger partial charge in [-0.15, -0.1) is 0 Å². The van der Waals surface area contributed by atoms with Crippen LogP contribution in [-0.4, -0.2) is 24.5 Å². The predicted octanol–water partition coefficient (Wildman–Crippen LogP) is 2.03. The zero-order valence-electron chi connectivity index (χ0n) is 12.4. The molecule has 3 aromatic heterocycles. The van der Waals surface area contributed by atoms with Gasteiger partial charge in [-0.3, -0.25) is 14.3 Å². The number of pyridine rings is 1. The average molecular weight is 282 g/mol. The Bertz CT molecular complexity index is 769. The Labute approximate surface area is 123 Å². The molecule has 2 N–H and O–H groups in total. The molecule has 0 fully saturated rings. The van der Waals surface area contributed by atoms with Crippen LogP contribution in [-0.2, 0) is 20.5 Å². The lowest BCUT2D eigenvalue weighted by molar-refractivity contribution is 0.746. The fourth-order valence-corrected chi connectivity index (χ4v) is 2.51. The number of nitrogens with zero attached hydrogens (tertiary/aromatic N) is 5. The topological polar surface area (TPSA) is 74.5 Å². The second kappa shape index (κ2) is 5.05. The van der Waals surface area contributed by atoms with Gasteiger partial charge < -0.3 is 5.73 Å². The molecule has 3 aromatic rings. The molecule has 0 aliphatic heterocycles. The van der Waals surface area contributed by atoms with Crippen LogP contribution in [0.5, 0.6) is 0 Å². The van der Waals surface area contributed by atoms with Crippen molar-refractivity contribution in [2.75, 3.05) is 5.73 Å². The third kappa shape index (κ3) is 2.18. The van der Waals surface area contributed by atoms with Gasteiger partial charge in [0.25, 0.3) is 0 Å². The highest BCUT2D eigenvalue weighted by Crippen LogP contribution is 2.36. The summed E-state index contributed by atoms with van der Waals surface area (Å²) in [5, 5.41) is 9.08. The van der Waals surface area contributed by atoms with E-state index in [4.69, 9.17) is 5.73 Å². The molecule has 0 aliphatic rings. The summed E-state index contributed by atoms with van der Waals surface area (Å²) in [7, 11) is 3.76. The molecule has 0 atom stereocenters. The third-order valence-electron chi connectivity index (χ3n) is 3.54. The Balaban J connectivity index is 2.27. The standard InChI is InChI=1S/C15H18N6/c1-4-12-11(9-20(2)18-12)14-13(15(16)21(3)19-14)10-6-5-7-17-8-10/h5-9H,4,16H2,1-3H3. The Kier molecular flexibility index (Phi) is 3.21. The molecule has 6 heteroatoms. The van der Waals surface area contributed by atoms with Gasteiger partial charge in [-0.25, -0.2) is 0 Å². The minimum Gasteiger partial charge on any atom is -0.383 e. The molecule has 0 saturated carbocycles. The Morgan fingerprint density at radius 2 is 2.05 bits per heavy atom. The summed E-state index contributed by atoms with van der Waals surface area (Å²) in [4.78, 5) is 4.18. The largest absolute Gasteiger partial charge is 0.383 e. The van der Waals surface area contributed by atoms with Crippen molar-refractivity contribution in [1.29, 1.82) is 0 Å². The molecule has 0 amide bonds. The van der Waals surface area contributed by atoms with Gasteiger partial charge in [0, 0.05) is 43.8 Å². The van der Waals surface area contributed by atoms with Crippen LogP contribution in [0, 0.1) is 0 Å². The van der Waals surface area contributed by atoms with Crippen molar-refractivity contribution >= 4 is 5.82 Å². The molecule has 21 heavy (non-hydrogen) atoms. The summed E-state index contributed by atoms with van der Waals surface area (Å²) in [5.41, 5.74) is 11.0. The van der Waals surface area contributed by atoms with Gasteiger partial charge in [-0.2, -0.15) is 10.2 Å². The lowest BCUT2D eigenvalue weighted by Gasteiger charge is -2.03. The maximum absolute atomic E-state index is 6.22. The van der Waals surface area contributed by atoms with Crippen molar-refractivity contribution < 1.29 is 0 Å². The summed E-state index contributed by atoms with van der Waals surface area (Å²) in [6.07, 6.45) is 6.38. The summed E-state index contributed by atoms with van der Waals surface area (Å²) >= 11 is 0. The fraction of sp³-hybridized carbons (Fsp3) is 0.267. The van der Waals surface area contributed by atoms with E-state index in [9.17, 15) is 0 Å². The van der Waals surface area contributed by atoms with Gasteiger partial charge in [0.05, 0.1) is 11.3 Å². The molecule has 6 nitrogen and oxygen atoms in total. The van der Waals surface area contributed by atoms with Crippen LogP contribution in [0.4, 0.5) is 5.82 Å². The molecule has 3 rings (SSSR count). The van der Waals surface area contributed by atoms with Crippen LogP contribution in [0.1, 0.15) is 12.6 Å². The highest BCUT2D eigenvalue weighted by molar-refractivity contribution is 5.88. The van der Waals surface area contributed by atoms with Crippen LogP contribution < -0.4 is 5.73 Å². The molecule has 0 radical (unpaired) electrons. The molecule has 0 bridgehead atoms.